The Morgan fingerprint density at radius 3 is 2.77 bits per heavy atom. The van der Waals surface area contributed by atoms with Crippen molar-refractivity contribution in [3.63, 3.8) is 0 Å². The number of likely N-dealkylation sites (tertiary alicyclic amines) is 1. The van der Waals surface area contributed by atoms with Crippen molar-refractivity contribution < 1.29 is 9.53 Å². The molecule has 0 radical (unpaired) electrons. The van der Waals surface area contributed by atoms with Gasteiger partial charge in [0.25, 0.3) is 5.91 Å². The van der Waals surface area contributed by atoms with Crippen molar-refractivity contribution >= 4 is 17.7 Å². The van der Waals surface area contributed by atoms with Gasteiger partial charge in [0, 0.05) is 24.4 Å². The minimum Gasteiger partial charge on any atom is -0.494 e. The van der Waals surface area contributed by atoms with Crippen molar-refractivity contribution in [3.05, 3.63) is 59.2 Å². The third-order valence-corrected chi connectivity index (χ3v) is 6.18. The molecule has 156 valence electrons. The van der Waals surface area contributed by atoms with E-state index in [1.807, 2.05) is 54.3 Å². The highest BCUT2D eigenvalue weighted by molar-refractivity contribution is 7.98. The van der Waals surface area contributed by atoms with Crippen LogP contribution in [0.1, 0.15) is 40.7 Å². The van der Waals surface area contributed by atoms with E-state index in [-0.39, 0.29) is 5.91 Å². The lowest BCUT2D eigenvalue weighted by molar-refractivity contribution is 0.0724. The third kappa shape index (κ3) is 4.48. The van der Waals surface area contributed by atoms with Crippen LogP contribution in [0.15, 0.2) is 47.6 Å². The third-order valence-electron chi connectivity index (χ3n) is 5.19. The predicted octanol–water partition coefficient (Wildman–Crippen LogP) is 3.90. The van der Waals surface area contributed by atoms with E-state index in [1.54, 1.807) is 11.8 Å². The van der Waals surface area contributed by atoms with Gasteiger partial charge in [-0.1, -0.05) is 30.0 Å². The van der Waals surface area contributed by atoms with Crippen LogP contribution < -0.4 is 4.74 Å². The van der Waals surface area contributed by atoms with Gasteiger partial charge in [0.15, 0.2) is 0 Å². The summed E-state index contributed by atoms with van der Waals surface area (Å²) in [7, 11) is 1.64. The second-order valence-electron chi connectivity index (χ2n) is 7.39. The molecule has 8 heteroatoms. The van der Waals surface area contributed by atoms with Crippen LogP contribution in [0.25, 0.3) is 5.69 Å². The van der Waals surface area contributed by atoms with E-state index in [2.05, 4.69) is 15.5 Å². The highest BCUT2D eigenvalue weighted by Gasteiger charge is 2.19. The summed E-state index contributed by atoms with van der Waals surface area (Å²) in [5.41, 5.74) is 3.71. The van der Waals surface area contributed by atoms with Gasteiger partial charge in [0.05, 0.1) is 7.11 Å². The van der Waals surface area contributed by atoms with Crippen LogP contribution in [0.3, 0.4) is 0 Å². The summed E-state index contributed by atoms with van der Waals surface area (Å²) >= 11 is 1.53. The second kappa shape index (κ2) is 9.30. The molecule has 0 saturated carbocycles. The number of ether oxygens (including phenoxy) is 1. The zero-order valence-electron chi connectivity index (χ0n) is 17.2. The number of hydrogen-bond donors (Lipinski definition) is 0. The van der Waals surface area contributed by atoms with Crippen molar-refractivity contribution in [1.29, 1.82) is 0 Å². The van der Waals surface area contributed by atoms with Gasteiger partial charge < -0.3 is 9.64 Å². The number of carbonyl (C=O) groups excluding carboxylic acids is 1. The molecule has 1 aliphatic rings. The quantitative estimate of drug-likeness (QED) is 0.560. The number of carbonyl (C=O) groups is 1. The van der Waals surface area contributed by atoms with Crippen LogP contribution in [-0.2, 0) is 5.75 Å². The minimum atomic E-state index is 0.121. The predicted molar refractivity (Wildman–Crippen MR) is 116 cm³/mol. The molecule has 0 spiro atoms. The molecule has 1 saturated heterocycles. The minimum absolute atomic E-state index is 0.121. The first kappa shape index (κ1) is 20.4. The fraction of sp³-hybridized carbons (Fsp3) is 0.364. The highest BCUT2D eigenvalue weighted by atomic mass is 32.2. The number of nitrogens with zero attached hydrogens (tertiary/aromatic N) is 5. The molecule has 1 amide bonds. The normalized spacial score (nSPS) is 14.0. The van der Waals surface area contributed by atoms with E-state index in [0.717, 1.165) is 48.3 Å². The lowest BCUT2D eigenvalue weighted by Gasteiger charge is -2.26. The number of benzene rings is 2. The maximum atomic E-state index is 12.8. The van der Waals surface area contributed by atoms with Gasteiger partial charge in [-0.05, 0) is 72.0 Å². The molecule has 0 N–H and O–H groups in total. The van der Waals surface area contributed by atoms with Crippen LogP contribution in [0, 0.1) is 6.92 Å². The Balaban J connectivity index is 1.50. The number of aryl methyl sites for hydroxylation is 1. The van der Waals surface area contributed by atoms with E-state index in [0.29, 0.717) is 16.7 Å². The van der Waals surface area contributed by atoms with E-state index < -0.39 is 0 Å². The summed E-state index contributed by atoms with van der Waals surface area (Å²) in [4.78, 5) is 14.8. The Kier molecular flexibility index (Phi) is 6.32. The number of hydrogen-bond acceptors (Lipinski definition) is 6. The van der Waals surface area contributed by atoms with Crippen molar-refractivity contribution in [2.24, 2.45) is 0 Å². The molecule has 7 nitrogen and oxygen atoms in total. The van der Waals surface area contributed by atoms with Crippen molar-refractivity contribution in [2.45, 2.75) is 37.1 Å². The van der Waals surface area contributed by atoms with Gasteiger partial charge in [0.2, 0.25) is 5.16 Å². The number of amides is 1. The van der Waals surface area contributed by atoms with E-state index in [1.165, 1.54) is 18.2 Å². The molecule has 2 aromatic carbocycles. The number of thioether (sulfide) groups is 1. The lowest BCUT2D eigenvalue weighted by Crippen LogP contribution is -2.35. The molecular formula is C22H25N5O2S. The summed E-state index contributed by atoms with van der Waals surface area (Å²) in [5, 5.41) is 12.8. The van der Waals surface area contributed by atoms with E-state index in [4.69, 9.17) is 4.74 Å². The van der Waals surface area contributed by atoms with Crippen LogP contribution in [0.5, 0.6) is 5.75 Å². The highest BCUT2D eigenvalue weighted by Crippen LogP contribution is 2.28. The summed E-state index contributed by atoms with van der Waals surface area (Å²) < 4.78 is 7.17. The molecule has 0 bridgehead atoms. The molecule has 0 aliphatic carbocycles. The maximum Gasteiger partial charge on any atom is 0.253 e. The number of piperidine rings is 1. The maximum absolute atomic E-state index is 12.8. The topological polar surface area (TPSA) is 73.1 Å². The number of tetrazole rings is 1. The average Bonchev–Trinajstić information content (AvgIpc) is 3.26. The van der Waals surface area contributed by atoms with Crippen LogP contribution in [-0.4, -0.2) is 51.2 Å². The number of aromatic nitrogens is 4. The van der Waals surface area contributed by atoms with Gasteiger partial charge >= 0.3 is 0 Å². The van der Waals surface area contributed by atoms with Crippen molar-refractivity contribution in [1.82, 2.24) is 25.1 Å². The van der Waals surface area contributed by atoms with Crippen molar-refractivity contribution in [3.8, 4) is 11.4 Å². The van der Waals surface area contributed by atoms with E-state index in [9.17, 15) is 4.79 Å². The Morgan fingerprint density at radius 2 is 1.97 bits per heavy atom. The first-order chi connectivity index (χ1) is 14.7. The van der Waals surface area contributed by atoms with Gasteiger partial charge in [-0.25, -0.2) is 0 Å². The largest absolute Gasteiger partial charge is 0.494 e. The van der Waals surface area contributed by atoms with Gasteiger partial charge in [-0.3, -0.25) is 4.79 Å². The first-order valence-corrected chi connectivity index (χ1v) is 11.1. The smallest absolute Gasteiger partial charge is 0.253 e. The average molecular weight is 424 g/mol. The fourth-order valence-corrected chi connectivity index (χ4v) is 4.43. The summed E-state index contributed by atoms with van der Waals surface area (Å²) in [6.07, 6.45) is 3.39. The number of methoxy groups -OCH3 is 1. The molecule has 30 heavy (non-hydrogen) atoms. The Morgan fingerprint density at radius 1 is 1.13 bits per heavy atom. The van der Waals surface area contributed by atoms with Gasteiger partial charge in [-0.2, -0.15) is 4.68 Å². The zero-order valence-corrected chi connectivity index (χ0v) is 18.1. The molecule has 0 unspecified atom stereocenters. The molecular weight excluding hydrogens is 398 g/mol. The monoisotopic (exact) mass is 423 g/mol. The molecule has 1 fully saturated rings. The Bertz CT molecular complexity index is 1030. The Hall–Kier alpha value is -2.87. The zero-order chi connectivity index (χ0) is 20.9. The second-order valence-corrected chi connectivity index (χ2v) is 8.33. The number of rotatable bonds is 6. The van der Waals surface area contributed by atoms with Crippen LogP contribution in [0.4, 0.5) is 0 Å². The van der Waals surface area contributed by atoms with E-state index >= 15 is 0 Å². The van der Waals surface area contributed by atoms with Crippen molar-refractivity contribution in [2.75, 3.05) is 20.2 Å². The molecule has 1 aromatic heterocycles. The standard InChI is InChI=1S/C22H25N5O2S/c1-16-9-10-20(29-2)19(13-16)27-22(23-24-25-27)30-15-17-7-6-8-18(14-17)21(28)26-11-4-3-5-12-26/h6-10,13-14H,3-5,11-12,15H2,1-2H3. The van der Waals surface area contributed by atoms with Crippen LogP contribution >= 0.6 is 11.8 Å². The first-order valence-electron chi connectivity index (χ1n) is 10.1. The summed E-state index contributed by atoms with van der Waals surface area (Å²) in [5.74, 6) is 1.50. The summed E-state index contributed by atoms with van der Waals surface area (Å²) in [6, 6.07) is 13.7. The molecule has 4 rings (SSSR count). The molecule has 1 aliphatic heterocycles. The SMILES string of the molecule is COc1ccc(C)cc1-n1nnnc1SCc1cccc(C(=O)N2CCCCC2)c1. The van der Waals surface area contributed by atoms with Crippen LogP contribution in [0.2, 0.25) is 0 Å². The molecule has 0 atom stereocenters. The molecule has 2 heterocycles. The lowest BCUT2D eigenvalue weighted by atomic mass is 10.1. The fourth-order valence-electron chi connectivity index (χ4n) is 3.61. The summed E-state index contributed by atoms with van der Waals surface area (Å²) in [6.45, 7) is 3.72. The Labute approximate surface area is 180 Å². The van der Waals surface area contributed by atoms with Gasteiger partial charge in [0.1, 0.15) is 11.4 Å². The van der Waals surface area contributed by atoms with Gasteiger partial charge in [-0.15, -0.1) is 5.10 Å². The molecule has 3 aromatic rings.